The smallest absolute Gasteiger partial charge is 0.396 e. The van der Waals surface area contributed by atoms with Gasteiger partial charge in [0, 0.05) is 0 Å². The zero-order valence-electron chi connectivity index (χ0n) is 13.5. The van der Waals surface area contributed by atoms with Crippen molar-refractivity contribution in [2.24, 2.45) is 0 Å². The Kier molecular flexibility index (Phi) is 14.2. The molecule has 0 fully saturated rings. The molecule has 1 aromatic heterocycles. The number of hydrogen-bond acceptors (Lipinski definition) is 1. The Morgan fingerprint density at radius 2 is 1.60 bits per heavy atom. The van der Waals surface area contributed by atoms with Crippen LogP contribution in [0.5, 0.6) is 0 Å². The number of rotatable bonds is 12. The van der Waals surface area contributed by atoms with Crippen LogP contribution in [-0.2, 0) is 13.0 Å². The molecule has 0 aliphatic carbocycles. The van der Waals surface area contributed by atoms with Gasteiger partial charge in [0.1, 0.15) is 12.4 Å². The molecule has 0 atom stereocenters. The zero-order valence-corrected chi connectivity index (χ0v) is 15.5. The average molecular weight is 290 g/mol. The van der Waals surface area contributed by atoms with Crippen LogP contribution in [0.3, 0.4) is 0 Å². The summed E-state index contributed by atoms with van der Waals surface area (Å²) in [5.74, 6) is 1.14. The third kappa shape index (κ3) is 9.17. The third-order valence-corrected chi connectivity index (χ3v) is 3.70. The van der Waals surface area contributed by atoms with E-state index in [1.54, 1.807) is 0 Å². The van der Waals surface area contributed by atoms with Crippen LogP contribution in [0.15, 0.2) is 12.4 Å². The topological polar surface area (TPSA) is 39.9 Å². The standard InChI is InChI=1S/C16H30N2O.Na/c1-2-3-4-5-6-7-8-9-10-13-18-14-12-17-16(18)11-15-19;/h12,14,19H,2-11,13,15H2,1H3;/q;+1/p+1. The molecule has 110 valence electrons. The number of unbranched alkanes of at least 4 members (excludes halogenated alkanes) is 8. The number of aryl methyl sites for hydroxylation is 1. The monoisotopic (exact) mass is 290 g/mol. The fourth-order valence-corrected chi connectivity index (χ4v) is 2.52. The molecule has 0 aliphatic rings. The predicted molar refractivity (Wildman–Crippen MR) is 79.0 cm³/mol. The van der Waals surface area contributed by atoms with E-state index in [-0.39, 0.29) is 36.2 Å². The van der Waals surface area contributed by atoms with Crippen LogP contribution < -0.4 is 34.1 Å². The third-order valence-electron chi connectivity index (χ3n) is 3.70. The summed E-state index contributed by atoms with van der Waals surface area (Å²) in [6, 6.07) is 0. The van der Waals surface area contributed by atoms with Gasteiger partial charge in [0.2, 0.25) is 0 Å². The van der Waals surface area contributed by atoms with Crippen LogP contribution in [0, 0.1) is 0 Å². The van der Waals surface area contributed by atoms with Gasteiger partial charge in [-0.05, 0) is 12.8 Å². The number of H-pyrrole nitrogens is 1. The largest absolute Gasteiger partial charge is 1.00 e. The van der Waals surface area contributed by atoms with Crippen molar-refractivity contribution < 1.29 is 39.2 Å². The van der Waals surface area contributed by atoms with Crippen molar-refractivity contribution in [1.82, 2.24) is 4.98 Å². The molecular formula is C16H31N2NaO+2. The van der Waals surface area contributed by atoms with Gasteiger partial charge in [-0.3, -0.25) is 0 Å². The summed E-state index contributed by atoms with van der Waals surface area (Å²) in [7, 11) is 0. The molecule has 1 heterocycles. The van der Waals surface area contributed by atoms with E-state index in [0.717, 1.165) is 18.8 Å². The van der Waals surface area contributed by atoms with Crippen molar-refractivity contribution >= 4 is 0 Å². The summed E-state index contributed by atoms with van der Waals surface area (Å²) >= 11 is 0. The minimum Gasteiger partial charge on any atom is -0.396 e. The Hall–Kier alpha value is 0.170. The number of aromatic nitrogens is 2. The van der Waals surface area contributed by atoms with Crippen molar-refractivity contribution in [3.63, 3.8) is 0 Å². The van der Waals surface area contributed by atoms with Gasteiger partial charge in [-0.25, -0.2) is 9.55 Å². The van der Waals surface area contributed by atoms with Gasteiger partial charge >= 0.3 is 29.6 Å². The maximum atomic E-state index is 8.96. The van der Waals surface area contributed by atoms with Crippen LogP contribution in [0.25, 0.3) is 0 Å². The summed E-state index contributed by atoms with van der Waals surface area (Å²) in [4.78, 5) is 3.19. The number of nitrogens with one attached hydrogen (secondary N) is 1. The SMILES string of the molecule is CCCCCCCCCCC[n+]1cc[nH]c1CCO.[Na+]. The number of hydrogen-bond donors (Lipinski definition) is 2. The second kappa shape index (κ2) is 14.1. The summed E-state index contributed by atoms with van der Waals surface area (Å²) < 4.78 is 2.23. The Morgan fingerprint density at radius 3 is 2.20 bits per heavy atom. The molecule has 0 unspecified atom stereocenters. The molecule has 0 bridgehead atoms. The van der Waals surface area contributed by atoms with E-state index < -0.39 is 0 Å². The molecule has 4 heteroatoms. The molecule has 0 aliphatic heterocycles. The minimum atomic E-state index is 0. The molecule has 1 rings (SSSR count). The minimum absolute atomic E-state index is 0. The van der Waals surface area contributed by atoms with Crippen LogP contribution in [0.1, 0.15) is 70.5 Å². The first-order chi connectivity index (χ1) is 9.38. The number of nitrogens with zero attached hydrogens (tertiary/aromatic N) is 1. The maximum absolute atomic E-state index is 8.96. The molecule has 0 saturated carbocycles. The number of aliphatic hydroxyl groups excluding tert-OH is 1. The first-order valence-electron chi connectivity index (χ1n) is 8.05. The van der Waals surface area contributed by atoms with Gasteiger partial charge in [0.05, 0.1) is 19.6 Å². The van der Waals surface area contributed by atoms with Crippen molar-refractivity contribution in [2.45, 2.75) is 77.7 Å². The van der Waals surface area contributed by atoms with Crippen molar-refractivity contribution in [3.05, 3.63) is 18.2 Å². The summed E-state index contributed by atoms with van der Waals surface area (Å²) in [6.07, 6.45) is 17.1. The number of aromatic amines is 1. The van der Waals surface area contributed by atoms with Crippen molar-refractivity contribution in [3.8, 4) is 0 Å². The van der Waals surface area contributed by atoms with E-state index in [0.29, 0.717) is 0 Å². The second-order valence-electron chi connectivity index (χ2n) is 5.40. The van der Waals surface area contributed by atoms with E-state index in [9.17, 15) is 0 Å². The Labute approximate surface area is 146 Å². The fraction of sp³-hybridized carbons (Fsp3) is 0.812. The molecule has 0 radical (unpaired) electrons. The molecule has 0 amide bonds. The molecule has 1 aromatic rings. The van der Waals surface area contributed by atoms with E-state index in [2.05, 4.69) is 22.7 Å². The first kappa shape index (κ1) is 20.2. The van der Waals surface area contributed by atoms with Gasteiger partial charge < -0.3 is 5.11 Å². The molecule has 3 nitrogen and oxygen atoms in total. The van der Waals surface area contributed by atoms with E-state index >= 15 is 0 Å². The van der Waals surface area contributed by atoms with Crippen LogP contribution in [-0.4, -0.2) is 16.7 Å². The van der Waals surface area contributed by atoms with E-state index in [1.165, 1.54) is 57.8 Å². The zero-order chi connectivity index (χ0) is 13.8. The van der Waals surface area contributed by atoms with Gasteiger partial charge in [0.25, 0.3) is 5.82 Å². The number of imidazole rings is 1. The summed E-state index contributed by atoms with van der Waals surface area (Å²) in [5, 5.41) is 8.96. The molecule has 0 saturated heterocycles. The van der Waals surface area contributed by atoms with Crippen LogP contribution in [0.2, 0.25) is 0 Å². The van der Waals surface area contributed by atoms with E-state index in [1.807, 2.05) is 6.20 Å². The molecule has 20 heavy (non-hydrogen) atoms. The van der Waals surface area contributed by atoms with Gasteiger partial charge in [-0.1, -0.05) is 51.9 Å². The Morgan fingerprint density at radius 1 is 1.00 bits per heavy atom. The number of aliphatic hydroxyl groups is 1. The van der Waals surface area contributed by atoms with Gasteiger partial charge in [-0.2, -0.15) is 0 Å². The molecule has 0 aromatic carbocycles. The average Bonchev–Trinajstić information content (AvgIpc) is 2.85. The summed E-state index contributed by atoms with van der Waals surface area (Å²) in [5.41, 5.74) is 0. The van der Waals surface area contributed by atoms with Gasteiger partial charge in [-0.15, -0.1) is 0 Å². The van der Waals surface area contributed by atoms with Crippen molar-refractivity contribution in [1.29, 1.82) is 0 Å². The second-order valence-corrected chi connectivity index (χ2v) is 5.40. The van der Waals surface area contributed by atoms with Gasteiger partial charge in [0.15, 0.2) is 0 Å². The van der Waals surface area contributed by atoms with Crippen LogP contribution >= 0.6 is 0 Å². The Bertz CT molecular complexity index is 315. The quantitative estimate of drug-likeness (QED) is 0.326. The molecule has 0 spiro atoms. The van der Waals surface area contributed by atoms with Crippen molar-refractivity contribution in [2.75, 3.05) is 6.61 Å². The normalized spacial score (nSPS) is 10.5. The summed E-state index contributed by atoms with van der Waals surface area (Å²) in [6.45, 7) is 3.57. The fourth-order valence-electron chi connectivity index (χ4n) is 2.52. The van der Waals surface area contributed by atoms with Crippen LogP contribution in [0.4, 0.5) is 0 Å². The molecule has 2 N–H and O–H groups in total. The maximum Gasteiger partial charge on any atom is 1.00 e. The first-order valence-corrected chi connectivity index (χ1v) is 8.05. The van der Waals surface area contributed by atoms with E-state index in [4.69, 9.17) is 5.11 Å². The Balaban J connectivity index is 0.00000361. The molecular weight excluding hydrogens is 259 g/mol. The predicted octanol–water partition coefficient (Wildman–Crippen LogP) is 0.372.